The maximum Gasteiger partial charge on any atom is 0.244 e. The molecule has 0 aliphatic carbocycles. The SMILES string of the molecule is CN1CCc2cc(NC(=O)C3(C)CCN3Cc3ccccc3)ccc2C1. The molecule has 136 valence electrons. The summed E-state index contributed by atoms with van der Waals surface area (Å²) in [5.41, 5.74) is 4.49. The molecule has 0 saturated carbocycles. The molecule has 0 bridgehead atoms. The Morgan fingerprint density at radius 2 is 1.92 bits per heavy atom. The summed E-state index contributed by atoms with van der Waals surface area (Å²) in [6.07, 6.45) is 1.95. The van der Waals surface area contributed by atoms with Crippen molar-refractivity contribution in [3.8, 4) is 0 Å². The number of amides is 1. The number of nitrogens with one attached hydrogen (secondary N) is 1. The van der Waals surface area contributed by atoms with E-state index in [-0.39, 0.29) is 5.91 Å². The molecular formula is C22H27N3O. The largest absolute Gasteiger partial charge is 0.324 e. The molecule has 1 fully saturated rings. The molecule has 1 unspecified atom stereocenters. The Kier molecular flexibility index (Phi) is 4.55. The molecule has 0 radical (unpaired) electrons. The van der Waals surface area contributed by atoms with Crippen molar-refractivity contribution >= 4 is 11.6 Å². The summed E-state index contributed by atoms with van der Waals surface area (Å²) in [6.45, 7) is 5.91. The molecule has 4 heteroatoms. The van der Waals surface area contributed by atoms with Crippen LogP contribution in [0.3, 0.4) is 0 Å². The highest BCUT2D eigenvalue weighted by Gasteiger charge is 2.46. The van der Waals surface area contributed by atoms with Gasteiger partial charge in [0.15, 0.2) is 0 Å². The number of anilines is 1. The minimum Gasteiger partial charge on any atom is -0.324 e. The van der Waals surface area contributed by atoms with E-state index in [0.29, 0.717) is 0 Å². The number of rotatable bonds is 4. The van der Waals surface area contributed by atoms with Gasteiger partial charge in [-0.3, -0.25) is 9.69 Å². The molecule has 4 nitrogen and oxygen atoms in total. The van der Waals surface area contributed by atoms with Crippen LogP contribution < -0.4 is 5.32 Å². The highest BCUT2D eigenvalue weighted by Crippen LogP contribution is 2.33. The van der Waals surface area contributed by atoms with Crippen molar-refractivity contribution < 1.29 is 4.79 Å². The zero-order valence-electron chi connectivity index (χ0n) is 15.7. The number of likely N-dealkylation sites (N-methyl/N-ethyl adjacent to an activating group) is 1. The molecule has 1 amide bonds. The van der Waals surface area contributed by atoms with Gasteiger partial charge in [0.25, 0.3) is 0 Å². The minimum atomic E-state index is -0.425. The number of carbonyl (C=O) groups is 1. The van der Waals surface area contributed by atoms with Gasteiger partial charge in [-0.15, -0.1) is 0 Å². The molecule has 1 saturated heterocycles. The molecule has 1 atom stereocenters. The van der Waals surface area contributed by atoms with Gasteiger partial charge in [-0.2, -0.15) is 0 Å². The summed E-state index contributed by atoms with van der Waals surface area (Å²) in [6, 6.07) is 16.7. The number of carbonyl (C=O) groups excluding carboxylic acids is 1. The molecule has 2 aromatic rings. The number of fused-ring (bicyclic) bond motifs is 1. The van der Waals surface area contributed by atoms with Crippen LogP contribution in [0.15, 0.2) is 48.5 Å². The van der Waals surface area contributed by atoms with Crippen molar-refractivity contribution in [1.82, 2.24) is 9.80 Å². The fourth-order valence-electron chi connectivity index (χ4n) is 3.96. The molecule has 2 aliphatic rings. The molecule has 0 spiro atoms. The third-order valence-corrected chi connectivity index (χ3v) is 5.94. The topological polar surface area (TPSA) is 35.6 Å². The molecule has 1 N–H and O–H groups in total. The van der Waals surface area contributed by atoms with Gasteiger partial charge in [-0.25, -0.2) is 0 Å². The lowest BCUT2D eigenvalue weighted by Gasteiger charge is -2.49. The first kappa shape index (κ1) is 17.3. The predicted octanol–water partition coefficient (Wildman–Crippen LogP) is 3.28. The van der Waals surface area contributed by atoms with Gasteiger partial charge >= 0.3 is 0 Å². The zero-order valence-corrected chi connectivity index (χ0v) is 15.7. The average molecular weight is 349 g/mol. The maximum atomic E-state index is 13.0. The van der Waals surface area contributed by atoms with Gasteiger partial charge in [-0.05, 0) is 55.6 Å². The highest BCUT2D eigenvalue weighted by atomic mass is 16.2. The zero-order chi connectivity index (χ0) is 18.1. The van der Waals surface area contributed by atoms with Crippen LogP contribution in [0, 0.1) is 0 Å². The predicted molar refractivity (Wildman–Crippen MR) is 105 cm³/mol. The Balaban J connectivity index is 1.44. The number of hydrogen-bond donors (Lipinski definition) is 1. The van der Waals surface area contributed by atoms with Crippen LogP contribution in [0.2, 0.25) is 0 Å². The van der Waals surface area contributed by atoms with Crippen molar-refractivity contribution in [2.45, 2.75) is 38.4 Å². The van der Waals surface area contributed by atoms with E-state index >= 15 is 0 Å². The molecule has 4 rings (SSSR count). The van der Waals surface area contributed by atoms with E-state index in [4.69, 9.17) is 0 Å². The van der Waals surface area contributed by atoms with Crippen molar-refractivity contribution in [2.75, 3.05) is 25.5 Å². The first-order valence-electron chi connectivity index (χ1n) is 9.45. The van der Waals surface area contributed by atoms with E-state index in [2.05, 4.69) is 65.5 Å². The lowest BCUT2D eigenvalue weighted by Crippen LogP contribution is -2.63. The number of nitrogens with zero attached hydrogens (tertiary/aromatic N) is 2. The number of likely N-dealkylation sites (tertiary alicyclic amines) is 1. The second-order valence-electron chi connectivity index (χ2n) is 7.86. The highest BCUT2D eigenvalue weighted by molar-refractivity contribution is 5.98. The van der Waals surface area contributed by atoms with Crippen LogP contribution >= 0.6 is 0 Å². The van der Waals surface area contributed by atoms with E-state index < -0.39 is 5.54 Å². The van der Waals surface area contributed by atoms with Crippen LogP contribution in [-0.4, -0.2) is 41.4 Å². The van der Waals surface area contributed by atoms with E-state index in [1.807, 2.05) is 12.1 Å². The molecule has 2 heterocycles. The van der Waals surface area contributed by atoms with E-state index in [1.165, 1.54) is 16.7 Å². The number of benzene rings is 2. The van der Waals surface area contributed by atoms with Gasteiger partial charge in [-0.1, -0.05) is 36.4 Å². The number of hydrogen-bond acceptors (Lipinski definition) is 3. The molecular weight excluding hydrogens is 322 g/mol. The molecule has 2 aliphatic heterocycles. The summed E-state index contributed by atoms with van der Waals surface area (Å²) in [4.78, 5) is 17.6. The molecule has 0 aromatic heterocycles. The van der Waals surface area contributed by atoms with E-state index in [1.54, 1.807) is 0 Å². The fraction of sp³-hybridized carbons (Fsp3) is 0.409. The quantitative estimate of drug-likeness (QED) is 0.920. The van der Waals surface area contributed by atoms with E-state index in [0.717, 1.165) is 44.7 Å². The van der Waals surface area contributed by atoms with Gasteiger partial charge in [0, 0.05) is 31.9 Å². The monoisotopic (exact) mass is 349 g/mol. The van der Waals surface area contributed by atoms with Gasteiger partial charge in [0.1, 0.15) is 0 Å². The molecule has 2 aromatic carbocycles. The van der Waals surface area contributed by atoms with Gasteiger partial charge in [0.2, 0.25) is 5.91 Å². The second-order valence-corrected chi connectivity index (χ2v) is 7.86. The van der Waals surface area contributed by atoms with Crippen molar-refractivity contribution in [1.29, 1.82) is 0 Å². The summed E-state index contributed by atoms with van der Waals surface area (Å²) in [7, 11) is 2.15. The summed E-state index contributed by atoms with van der Waals surface area (Å²) >= 11 is 0. The third-order valence-electron chi connectivity index (χ3n) is 5.94. The normalized spacial score (nSPS) is 23.2. The van der Waals surface area contributed by atoms with Crippen LogP contribution in [0.1, 0.15) is 30.0 Å². The Morgan fingerprint density at radius 3 is 2.65 bits per heavy atom. The van der Waals surface area contributed by atoms with Crippen molar-refractivity contribution in [3.63, 3.8) is 0 Å². The average Bonchev–Trinajstić information content (AvgIpc) is 2.65. The first-order valence-corrected chi connectivity index (χ1v) is 9.45. The summed E-state index contributed by atoms with van der Waals surface area (Å²) in [5, 5.41) is 3.17. The smallest absolute Gasteiger partial charge is 0.244 e. The lowest BCUT2D eigenvalue weighted by atomic mass is 9.85. The Morgan fingerprint density at radius 1 is 1.12 bits per heavy atom. The maximum absolute atomic E-state index is 13.0. The van der Waals surface area contributed by atoms with E-state index in [9.17, 15) is 4.79 Å². The third kappa shape index (κ3) is 3.27. The van der Waals surface area contributed by atoms with Gasteiger partial charge < -0.3 is 10.2 Å². The van der Waals surface area contributed by atoms with Crippen LogP contribution in [0.25, 0.3) is 0 Å². The molecule has 26 heavy (non-hydrogen) atoms. The Bertz CT molecular complexity index is 804. The Hall–Kier alpha value is -2.17. The van der Waals surface area contributed by atoms with Crippen molar-refractivity contribution in [2.24, 2.45) is 0 Å². The van der Waals surface area contributed by atoms with Gasteiger partial charge in [0.05, 0.1) is 5.54 Å². The lowest BCUT2D eigenvalue weighted by molar-refractivity contribution is -0.136. The van der Waals surface area contributed by atoms with Crippen LogP contribution in [-0.2, 0) is 24.3 Å². The standard InChI is InChI=1S/C22H27N3O/c1-22(11-13-25(22)15-17-6-4-3-5-7-17)21(26)23-20-9-8-19-16-24(2)12-10-18(19)14-20/h3-9,14H,10-13,15-16H2,1-2H3,(H,23,26). The second kappa shape index (κ2) is 6.86. The van der Waals surface area contributed by atoms with Crippen molar-refractivity contribution in [3.05, 3.63) is 65.2 Å². The van der Waals surface area contributed by atoms with Crippen LogP contribution in [0.5, 0.6) is 0 Å². The fourth-order valence-corrected chi connectivity index (χ4v) is 3.96. The first-order chi connectivity index (χ1) is 12.5. The summed E-state index contributed by atoms with van der Waals surface area (Å²) < 4.78 is 0. The summed E-state index contributed by atoms with van der Waals surface area (Å²) in [5.74, 6) is 0.104. The Labute approximate surface area is 155 Å². The minimum absolute atomic E-state index is 0.104. The van der Waals surface area contributed by atoms with Crippen LogP contribution in [0.4, 0.5) is 5.69 Å².